The summed E-state index contributed by atoms with van der Waals surface area (Å²) in [6, 6.07) is 13.8. The topological polar surface area (TPSA) is 99.6 Å². The molecule has 3 aromatic carbocycles. The number of halogens is 3. The van der Waals surface area contributed by atoms with Crippen molar-refractivity contribution in [2.75, 3.05) is 0 Å². The lowest BCUT2D eigenvalue weighted by atomic mass is 10.2. The van der Waals surface area contributed by atoms with Gasteiger partial charge in [0, 0.05) is 22.5 Å². The van der Waals surface area contributed by atoms with E-state index in [1.54, 1.807) is 18.2 Å². The van der Waals surface area contributed by atoms with Crippen LogP contribution in [0.25, 0.3) is 10.9 Å². The molecule has 8 nitrogen and oxygen atoms in total. The van der Waals surface area contributed by atoms with Gasteiger partial charge in [0.1, 0.15) is 18.2 Å². The Bertz CT molecular complexity index is 1540. The summed E-state index contributed by atoms with van der Waals surface area (Å²) in [5.41, 5.74) is 0.982. The number of fused-ring (bicyclic) bond motifs is 1. The van der Waals surface area contributed by atoms with E-state index in [0.717, 1.165) is 10.9 Å². The minimum atomic E-state index is -0.564. The molecule has 0 bridgehead atoms. The summed E-state index contributed by atoms with van der Waals surface area (Å²) in [5.74, 6) is 0.133. The lowest BCUT2D eigenvalue weighted by molar-refractivity contribution is -0.386. The van der Waals surface area contributed by atoms with Crippen LogP contribution in [-0.4, -0.2) is 20.8 Å². The molecule has 1 heterocycles. The molecule has 4 aromatic rings. The lowest BCUT2D eigenvalue weighted by Gasteiger charge is -2.10. The van der Waals surface area contributed by atoms with E-state index in [1.807, 2.05) is 13.0 Å². The summed E-state index contributed by atoms with van der Waals surface area (Å²) < 4.78 is 21.1. The number of rotatable bonds is 8. The second kappa shape index (κ2) is 11.1. The molecule has 0 amide bonds. The van der Waals surface area contributed by atoms with Crippen LogP contribution in [0.15, 0.2) is 73.4 Å². The first-order valence-electron chi connectivity index (χ1n) is 10.9. The Morgan fingerprint density at radius 2 is 1.92 bits per heavy atom. The maximum Gasteiger partial charge on any atom is 0.312 e. The van der Waals surface area contributed by atoms with Crippen molar-refractivity contribution in [3.63, 3.8) is 0 Å². The largest absolute Gasteiger partial charge is 0.481 e. The molecule has 0 saturated carbocycles. The molecule has 184 valence electrons. The molecule has 0 saturated heterocycles. The van der Waals surface area contributed by atoms with E-state index in [1.165, 1.54) is 41.2 Å². The van der Waals surface area contributed by atoms with Gasteiger partial charge in [-0.1, -0.05) is 35.0 Å². The first-order valence-corrected chi connectivity index (χ1v) is 12.5. The molecule has 0 aliphatic carbocycles. The first kappa shape index (κ1) is 25.6. The minimum Gasteiger partial charge on any atom is -0.481 e. The number of hydrogen-bond donors (Lipinski definition) is 0. The van der Waals surface area contributed by atoms with Crippen molar-refractivity contribution >= 4 is 54.7 Å². The van der Waals surface area contributed by atoms with E-state index in [-0.39, 0.29) is 29.4 Å². The van der Waals surface area contributed by atoms with Crippen LogP contribution in [-0.2, 0) is 13.0 Å². The number of nitrogens with zero attached hydrogens (tertiary/aromatic N) is 4. The zero-order valence-electron chi connectivity index (χ0n) is 19.0. The first-order chi connectivity index (χ1) is 17.3. The molecule has 0 fully saturated rings. The molecule has 4 rings (SSSR count). The number of benzene rings is 3. The molecular formula is C25H19Br2FN4O4. The summed E-state index contributed by atoms with van der Waals surface area (Å²) >= 11 is 6.71. The van der Waals surface area contributed by atoms with Gasteiger partial charge in [0.05, 0.1) is 26.5 Å². The number of ether oxygens (including phenoxy) is 1. The average molecular weight is 618 g/mol. The normalized spacial score (nSPS) is 11.3. The fraction of sp³-hybridized carbons (Fsp3) is 0.160. The van der Waals surface area contributed by atoms with Gasteiger partial charge in [-0.15, -0.1) is 0 Å². The smallest absolute Gasteiger partial charge is 0.312 e. The van der Waals surface area contributed by atoms with E-state index in [2.05, 4.69) is 41.9 Å². The van der Waals surface area contributed by atoms with Crippen LogP contribution in [0.1, 0.15) is 30.3 Å². The number of aromatic nitrogens is 2. The van der Waals surface area contributed by atoms with Gasteiger partial charge in [0.2, 0.25) is 5.75 Å². The third-order valence-corrected chi connectivity index (χ3v) is 6.29. The van der Waals surface area contributed by atoms with E-state index in [9.17, 15) is 19.3 Å². The number of nitro benzene ring substituents is 1. The van der Waals surface area contributed by atoms with Crippen LogP contribution >= 0.6 is 31.9 Å². The van der Waals surface area contributed by atoms with Gasteiger partial charge in [-0.3, -0.25) is 14.9 Å². The second-order valence-corrected chi connectivity index (χ2v) is 9.59. The predicted octanol–water partition coefficient (Wildman–Crippen LogP) is 6.38. The zero-order chi connectivity index (χ0) is 25.8. The predicted molar refractivity (Wildman–Crippen MR) is 142 cm³/mol. The van der Waals surface area contributed by atoms with Crippen molar-refractivity contribution in [1.82, 2.24) is 9.66 Å². The van der Waals surface area contributed by atoms with Crippen molar-refractivity contribution in [2.45, 2.75) is 26.4 Å². The minimum absolute atomic E-state index is 0.0151. The highest BCUT2D eigenvalue weighted by Gasteiger charge is 2.20. The molecule has 0 unspecified atom stereocenters. The SMILES string of the molecule is CCCc1nc2ccc(Br)cc2c(=O)n1N=Cc1cc(Br)c(OCc2ccc(F)cc2)c([N+](=O)[O-])c1. The van der Waals surface area contributed by atoms with Crippen molar-refractivity contribution in [1.29, 1.82) is 0 Å². The van der Waals surface area contributed by atoms with Crippen molar-refractivity contribution in [3.8, 4) is 5.75 Å². The van der Waals surface area contributed by atoms with Gasteiger partial charge in [-0.05, 0) is 64.3 Å². The van der Waals surface area contributed by atoms with Crippen LogP contribution in [0.4, 0.5) is 10.1 Å². The zero-order valence-corrected chi connectivity index (χ0v) is 22.1. The van der Waals surface area contributed by atoms with E-state index in [4.69, 9.17) is 4.74 Å². The molecule has 36 heavy (non-hydrogen) atoms. The van der Waals surface area contributed by atoms with Gasteiger partial charge in [0.15, 0.2) is 0 Å². The second-order valence-electron chi connectivity index (χ2n) is 7.82. The highest BCUT2D eigenvalue weighted by molar-refractivity contribution is 9.10. The van der Waals surface area contributed by atoms with Crippen LogP contribution in [0.3, 0.4) is 0 Å². The van der Waals surface area contributed by atoms with Gasteiger partial charge < -0.3 is 4.74 Å². The highest BCUT2D eigenvalue weighted by Crippen LogP contribution is 2.36. The number of aryl methyl sites for hydroxylation is 1. The fourth-order valence-electron chi connectivity index (χ4n) is 3.51. The average Bonchev–Trinajstić information content (AvgIpc) is 2.84. The Hall–Kier alpha value is -3.44. The quantitative estimate of drug-likeness (QED) is 0.130. The van der Waals surface area contributed by atoms with E-state index >= 15 is 0 Å². The summed E-state index contributed by atoms with van der Waals surface area (Å²) in [7, 11) is 0. The van der Waals surface area contributed by atoms with Crippen molar-refractivity contribution < 1.29 is 14.1 Å². The molecule has 0 spiro atoms. The monoisotopic (exact) mass is 616 g/mol. The van der Waals surface area contributed by atoms with Gasteiger partial charge in [-0.25, -0.2) is 9.37 Å². The summed E-state index contributed by atoms with van der Waals surface area (Å²) in [5, 5.41) is 16.5. The van der Waals surface area contributed by atoms with Crippen molar-refractivity contribution in [2.24, 2.45) is 5.10 Å². The number of nitro groups is 1. The van der Waals surface area contributed by atoms with Gasteiger partial charge in [0.25, 0.3) is 5.56 Å². The third-order valence-electron chi connectivity index (χ3n) is 5.21. The van der Waals surface area contributed by atoms with Gasteiger partial charge in [-0.2, -0.15) is 9.78 Å². The van der Waals surface area contributed by atoms with Crippen LogP contribution in [0, 0.1) is 15.9 Å². The molecule has 0 aliphatic rings. The fourth-order valence-corrected chi connectivity index (χ4v) is 4.46. The standard InChI is InChI=1S/C25H19Br2FN4O4/c1-2-3-23-30-21-9-6-17(26)12-19(21)25(33)31(23)29-13-16-10-20(27)24(22(11-16)32(34)35)36-14-15-4-7-18(28)8-5-15/h4-13H,2-3,14H2,1H3. The molecular weight excluding hydrogens is 599 g/mol. The summed E-state index contributed by atoms with van der Waals surface area (Å²) in [6.07, 6.45) is 2.65. The Morgan fingerprint density at radius 3 is 2.61 bits per heavy atom. The Morgan fingerprint density at radius 1 is 1.17 bits per heavy atom. The summed E-state index contributed by atoms with van der Waals surface area (Å²) in [4.78, 5) is 29.0. The van der Waals surface area contributed by atoms with Crippen molar-refractivity contribution in [3.05, 3.63) is 107 Å². The highest BCUT2D eigenvalue weighted by atomic mass is 79.9. The van der Waals surface area contributed by atoms with E-state index in [0.29, 0.717) is 38.7 Å². The molecule has 1 aromatic heterocycles. The van der Waals surface area contributed by atoms with Crippen LogP contribution < -0.4 is 10.3 Å². The van der Waals surface area contributed by atoms with Crippen LogP contribution in [0.5, 0.6) is 5.75 Å². The third kappa shape index (κ3) is 5.68. The Labute approximate surface area is 221 Å². The molecule has 0 N–H and O–H groups in total. The maximum absolute atomic E-state index is 13.2. The maximum atomic E-state index is 13.2. The Kier molecular flexibility index (Phi) is 7.90. The molecule has 0 aliphatic heterocycles. The van der Waals surface area contributed by atoms with E-state index < -0.39 is 4.92 Å². The molecule has 0 atom stereocenters. The number of hydrogen-bond acceptors (Lipinski definition) is 6. The Balaban J connectivity index is 1.70. The molecule has 11 heteroatoms. The summed E-state index contributed by atoms with van der Waals surface area (Å²) in [6.45, 7) is 1.98. The van der Waals surface area contributed by atoms with Gasteiger partial charge >= 0.3 is 5.69 Å². The van der Waals surface area contributed by atoms with Crippen LogP contribution in [0.2, 0.25) is 0 Å². The molecule has 0 radical (unpaired) electrons. The lowest BCUT2D eigenvalue weighted by Crippen LogP contribution is -2.22.